The van der Waals surface area contributed by atoms with E-state index in [1.807, 2.05) is 44.4 Å². The minimum Gasteiger partial charge on any atom is -0.493 e. The number of hydrogen-bond donors (Lipinski definition) is 1. The van der Waals surface area contributed by atoms with Crippen LogP contribution in [-0.4, -0.2) is 39.2 Å². The molecule has 1 N–H and O–H groups in total. The van der Waals surface area contributed by atoms with Crippen LogP contribution in [0.2, 0.25) is 10.0 Å². The van der Waals surface area contributed by atoms with Crippen molar-refractivity contribution in [2.75, 3.05) is 34.3 Å². The van der Waals surface area contributed by atoms with Gasteiger partial charge in [0.15, 0.2) is 11.5 Å². The lowest BCUT2D eigenvalue weighted by Gasteiger charge is -2.15. The third kappa shape index (κ3) is 6.40. The molecule has 0 aliphatic rings. The Morgan fingerprint density at radius 3 is 2.40 bits per heavy atom. The van der Waals surface area contributed by atoms with Crippen molar-refractivity contribution in [3.05, 3.63) is 57.6 Å². The monoisotopic (exact) mass is 382 g/mol. The van der Waals surface area contributed by atoms with Crippen LogP contribution >= 0.6 is 23.2 Å². The Balaban J connectivity index is 2.01. The Hall–Kier alpha value is -1.46. The number of hydrogen-bond acceptors (Lipinski definition) is 4. The van der Waals surface area contributed by atoms with Crippen LogP contribution in [0.1, 0.15) is 11.1 Å². The van der Waals surface area contributed by atoms with Crippen LogP contribution in [0.5, 0.6) is 11.5 Å². The van der Waals surface area contributed by atoms with Crippen LogP contribution in [0.4, 0.5) is 0 Å². The van der Waals surface area contributed by atoms with Gasteiger partial charge in [-0.2, -0.15) is 0 Å². The van der Waals surface area contributed by atoms with Crippen molar-refractivity contribution in [1.82, 2.24) is 10.2 Å². The largest absolute Gasteiger partial charge is 0.493 e. The molecule has 0 aliphatic carbocycles. The second-order valence-electron chi connectivity index (χ2n) is 5.99. The fourth-order valence-electron chi connectivity index (χ4n) is 2.25. The van der Waals surface area contributed by atoms with Gasteiger partial charge in [-0.3, -0.25) is 0 Å². The predicted molar refractivity (Wildman–Crippen MR) is 104 cm³/mol. The molecule has 0 radical (unpaired) electrons. The maximum absolute atomic E-state index is 6.40. The van der Waals surface area contributed by atoms with E-state index < -0.39 is 0 Å². The molecule has 0 bridgehead atoms. The van der Waals surface area contributed by atoms with E-state index in [2.05, 4.69) is 10.2 Å². The molecule has 2 rings (SSSR count). The van der Waals surface area contributed by atoms with Gasteiger partial charge in [0.05, 0.1) is 7.11 Å². The Bertz CT molecular complexity index is 676. The molecular weight excluding hydrogens is 359 g/mol. The lowest BCUT2D eigenvalue weighted by atomic mass is 10.2. The normalized spacial score (nSPS) is 11.0. The average molecular weight is 383 g/mol. The fourth-order valence-corrected chi connectivity index (χ4v) is 2.60. The molecule has 6 heteroatoms. The summed E-state index contributed by atoms with van der Waals surface area (Å²) in [6.07, 6.45) is 0. The van der Waals surface area contributed by atoms with Gasteiger partial charge in [0.2, 0.25) is 0 Å². The second-order valence-corrected chi connectivity index (χ2v) is 6.83. The molecule has 2 aromatic carbocycles. The van der Waals surface area contributed by atoms with Gasteiger partial charge < -0.3 is 19.7 Å². The molecule has 0 aromatic heterocycles. The van der Waals surface area contributed by atoms with E-state index in [9.17, 15) is 0 Å². The summed E-state index contributed by atoms with van der Waals surface area (Å²) < 4.78 is 11.3. The molecule has 0 amide bonds. The molecular formula is C19H24Cl2N2O2. The van der Waals surface area contributed by atoms with Gasteiger partial charge in [0.1, 0.15) is 6.61 Å². The van der Waals surface area contributed by atoms with Crippen molar-refractivity contribution in [2.24, 2.45) is 0 Å². The summed E-state index contributed by atoms with van der Waals surface area (Å²) in [6, 6.07) is 11.3. The Kier molecular flexibility index (Phi) is 7.85. The van der Waals surface area contributed by atoms with Crippen molar-refractivity contribution in [3.8, 4) is 11.5 Å². The van der Waals surface area contributed by atoms with Crippen molar-refractivity contribution in [2.45, 2.75) is 13.2 Å². The maximum Gasteiger partial charge on any atom is 0.163 e. The zero-order valence-corrected chi connectivity index (χ0v) is 16.3. The van der Waals surface area contributed by atoms with E-state index in [1.54, 1.807) is 13.2 Å². The van der Waals surface area contributed by atoms with Crippen molar-refractivity contribution >= 4 is 23.2 Å². The standard InChI is InChI=1S/C19H24Cl2N2O2/c1-23(2)9-8-22-12-15-10-18(24-3)19(11-17(15)21)25-13-14-4-6-16(20)7-5-14/h4-7,10-11,22H,8-9,12-13H2,1-3H3. The SMILES string of the molecule is COc1cc(CNCCN(C)C)c(Cl)cc1OCc1ccc(Cl)cc1. The lowest BCUT2D eigenvalue weighted by Crippen LogP contribution is -2.26. The second kappa shape index (κ2) is 9.88. The number of likely N-dealkylation sites (N-methyl/N-ethyl adjacent to an activating group) is 1. The van der Waals surface area contributed by atoms with Gasteiger partial charge in [-0.15, -0.1) is 0 Å². The van der Waals surface area contributed by atoms with E-state index in [0.29, 0.717) is 34.7 Å². The summed E-state index contributed by atoms with van der Waals surface area (Å²) in [5.74, 6) is 1.29. The molecule has 0 aliphatic heterocycles. The summed E-state index contributed by atoms with van der Waals surface area (Å²) in [4.78, 5) is 2.13. The third-order valence-corrected chi connectivity index (χ3v) is 4.30. The first-order valence-corrected chi connectivity index (χ1v) is 8.84. The van der Waals surface area contributed by atoms with Crippen molar-refractivity contribution in [3.63, 3.8) is 0 Å². The number of nitrogens with zero attached hydrogens (tertiary/aromatic N) is 1. The highest BCUT2D eigenvalue weighted by Crippen LogP contribution is 2.34. The van der Waals surface area contributed by atoms with Crippen LogP contribution in [-0.2, 0) is 13.2 Å². The molecule has 0 saturated carbocycles. The fraction of sp³-hybridized carbons (Fsp3) is 0.368. The first-order chi connectivity index (χ1) is 12.0. The minimum atomic E-state index is 0.421. The summed E-state index contributed by atoms with van der Waals surface area (Å²) in [5.41, 5.74) is 2.01. The van der Waals surface area contributed by atoms with E-state index >= 15 is 0 Å². The molecule has 25 heavy (non-hydrogen) atoms. The smallest absolute Gasteiger partial charge is 0.163 e. The molecule has 136 valence electrons. The Labute approximate surface area is 159 Å². The topological polar surface area (TPSA) is 33.7 Å². The summed E-state index contributed by atoms with van der Waals surface area (Å²) >= 11 is 12.3. The first-order valence-electron chi connectivity index (χ1n) is 8.08. The maximum atomic E-state index is 6.40. The number of methoxy groups -OCH3 is 1. The van der Waals surface area contributed by atoms with E-state index in [0.717, 1.165) is 24.2 Å². The highest BCUT2D eigenvalue weighted by Gasteiger charge is 2.11. The molecule has 2 aromatic rings. The van der Waals surface area contributed by atoms with E-state index in [4.69, 9.17) is 32.7 Å². The molecule has 0 atom stereocenters. The predicted octanol–water partition coefficient (Wildman–Crippen LogP) is 4.23. The summed E-state index contributed by atoms with van der Waals surface area (Å²) in [7, 11) is 5.72. The number of halogens is 2. The van der Waals surface area contributed by atoms with Crippen molar-refractivity contribution < 1.29 is 9.47 Å². The zero-order valence-electron chi connectivity index (χ0n) is 14.8. The van der Waals surface area contributed by atoms with Gasteiger partial charge >= 0.3 is 0 Å². The van der Waals surface area contributed by atoms with E-state index in [-0.39, 0.29) is 0 Å². The lowest BCUT2D eigenvalue weighted by molar-refractivity contribution is 0.284. The van der Waals surface area contributed by atoms with Crippen molar-refractivity contribution in [1.29, 1.82) is 0 Å². The molecule has 0 heterocycles. The molecule has 0 spiro atoms. The zero-order chi connectivity index (χ0) is 18.2. The molecule has 0 unspecified atom stereocenters. The van der Waals surface area contributed by atoms with Crippen LogP contribution in [0.3, 0.4) is 0 Å². The minimum absolute atomic E-state index is 0.421. The van der Waals surface area contributed by atoms with Crippen LogP contribution in [0, 0.1) is 0 Å². The quantitative estimate of drug-likeness (QED) is 0.657. The van der Waals surface area contributed by atoms with Gasteiger partial charge in [0, 0.05) is 35.7 Å². The number of rotatable bonds is 9. The number of ether oxygens (including phenoxy) is 2. The summed E-state index contributed by atoms with van der Waals surface area (Å²) in [5, 5.41) is 4.73. The van der Waals surface area contributed by atoms with Crippen LogP contribution in [0.25, 0.3) is 0 Å². The van der Waals surface area contributed by atoms with Gasteiger partial charge in [0.25, 0.3) is 0 Å². The molecule has 0 saturated heterocycles. The molecule has 4 nitrogen and oxygen atoms in total. The number of nitrogens with one attached hydrogen (secondary N) is 1. The Morgan fingerprint density at radius 2 is 1.76 bits per heavy atom. The first kappa shape index (κ1) is 19.9. The average Bonchev–Trinajstić information content (AvgIpc) is 2.59. The van der Waals surface area contributed by atoms with Gasteiger partial charge in [-0.05, 0) is 43.4 Å². The number of benzene rings is 2. The highest BCUT2D eigenvalue weighted by molar-refractivity contribution is 6.31. The summed E-state index contributed by atoms with van der Waals surface area (Å²) in [6.45, 7) is 2.96. The third-order valence-electron chi connectivity index (χ3n) is 3.69. The molecule has 0 fully saturated rings. The Morgan fingerprint density at radius 1 is 1.04 bits per heavy atom. The van der Waals surface area contributed by atoms with Gasteiger partial charge in [-0.1, -0.05) is 35.3 Å². The van der Waals surface area contributed by atoms with Gasteiger partial charge in [-0.25, -0.2) is 0 Å². The van der Waals surface area contributed by atoms with E-state index in [1.165, 1.54) is 0 Å². The van der Waals surface area contributed by atoms with Crippen LogP contribution in [0.15, 0.2) is 36.4 Å². The van der Waals surface area contributed by atoms with Crippen LogP contribution < -0.4 is 14.8 Å². The highest BCUT2D eigenvalue weighted by atomic mass is 35.5.